The van der Waals surface area contributed by atoms with Crippen LogP contribution < -0.4 is 4.74 Å². The summed E-state index contributed by atoms with van der Waals surface area (Å²) in [5, 5.41) is 0. The van der Waals surface area contributed by atoms with Crippen molar-refractivity contribution in [1.29, 1.82) is 0 Å². The zero-order valence-electron chi connectivity index (χ0n) is 11.2. The molecule has 0 amide bonds. The Balaban J connectivity index is 1.69. The van der Waals surface area contributed by atoms with Crippen molar-refractivity contribution in [2.45, 2.75) is 0 Å². The molecule has 0 spiro atoms. The molecule has 98 valence electrons. The van der Waals surface area contributed by atoms with Crippen LogP contribution in [0.25, 0.3) is 12.2 Å². The van der Waals surface area contributed by atoms with E-state index in [0.29, 0.717) is 6.61 Å². The van der Waals surface area contributed by atoms with Gasteiger partial charge in [0, 0.05) is 5.56 Å². The second-order valence-electron chi connectivity index (χ2n) is 4.67. The molecule has 2 aromatic rings. The van der Waals surface area contributed by atoms with Gasteiger partial charge in [0.05, 0.1) is 0 Å². The zero-order chi connectivity index (χ0) is 13.6. The van der Waals surface area contributed by atoms with Gasteiger partial charge in [-0.2, -0.15) is 0 Å². The van der Waals surface area contributed by atoms with E-state index >= 15 is 0 Å². The maximum absolute atomic E-state index is 5.71. The van der Waals surface area contributed by atoms with Crippen molar-refractivity contribution in [3.63, 3.8) is 0 Å². The van der Waals surface area contributed by atoms with Crippen molar-refractivity contribution >= 4 is 12.2 Å². The highest BCUT2D eigenvalue weighted by Gasteiger charge is 2.07. The third-order valence-corrected chi connectivity index (χ3v) is 3.16. The van der Waals surface area contributed by atoms with Crippen LogP contribution in [0.5, 0.6) is 5.75 Å². The highest BCUT2D eigenvalue weighted by Crippen LogP contribution is 2.25. The lowest BCUT2D eigenvalue weighted by Crippen LogP contribution is -2.05. The summed E-state index contributed by atoms with van der Waals surface area (Å²) >= 11 is 0. The van der Waals surface area contributed by atoms with Crippen LogP contribution in [-0.4, -0.2) is 6.61 Å². The number of hydrogen-bond acceptors (Lipinski definition) is 1. The normalized spacial score (nSPS) is 14.1. The summed E-state index contributed by atoms with van der Waals surface area (Å²) in [6, 6.07) is 18.4. The van der Waals surface area contributed by atoms with E-state index in [0.717, 1.165) is 11.3 Å². The summed E-state index contributed by atoms with van der Waals surface area (Å²) in [6.07, 6.45) is 10.5. The summed E-state index contributed by atoms with van der Waals surface area (Å²) in [5.74, 6) is 0.962. The quantitative estimate of drug-likeness (QED) is 0.725. The Morgan fingerprint density at radius 3 is 2.45 bits per heavy atom. The van der Waals surface area contributed by atoms with E-state index in [1.54, 1.807) is 0 Å². The molecule has 1 aliphatic heterocycles. The van der Waals surface area contributed by atoms with Gasteiger partial charge >= 0.3 is 0 Å². The molecule has 1 heterocycles. The largest absolute Gasteiger partial charge is 0.488 e. The standard InChI is InChI=1S/C19H16O/c1-2-8-16(9-3-1)10-4-5-11-17-14-18-12-6-7-13-19(18)20-15-17/h1-14H,15H2/b10-4+,11-5+. The van der Waals surface area contributed by atoms with Crippen LogP contribution in [0.3, 0.4) is 0 Å². The predicted octanol–water partition coefficient (Wildman–Crippen LogP) is 4.73. The molecule has 0 unspecified atom stereocenters. The van der Waals surface area contributed by atoms with Gasteiger partial charge in [-0.3, -0.25) is 0 Å². The SMILES string of the molecule is C1=C(/C=C/C=C/c2ccccc2)COc2ccccc21. The minimum atomic E-state index is 0.632. The Hall–Kier alpha value is -2.54. The first-order valence-electron chi connectivity index (χ1n) is 6.74. The summed E-state index contributed by atoms with van der Waals surface area (Å²) in [6.45, 7) is 0.632. The third-order valence-electron chi connectivity index (χ3n) is 3.16. The highest BCUT2D eigenvalue weighted by atomic mass is 16.5. The molecule has 1 heteroatoms. The summed E-state index contributed by atoms with van der Waals surface area (Å²) in [7, 11) is 0. The molecular formula is C19H16O. The second-order valence-corrected chi connectivity index (χ2v) is 4.67. The van der Waals surface area contributed by atoms with Gasteiger partial charge in [0.2, 0.25) is 0 Å². The number of para-hydroxylation sites is 1. The lowest BCUT2D eigenvalue weighted by atomic mass is 10.1. The molecule has 3 rings (SSSR count). The predicted molar refractivity (Wildman–Crippen MR) is 84.5 cm³/mol. The van der Waals surface area contributed by atoms with Gasteiger partial charge in [-0.1, -0.05) is 72.8 Å². The number of fused-ring (bicyclic) bond motifs is 1. The first-order chi connectivity index (χ1) is 9.92. The van der Waals surface area contributed by atoms with Gasteiger partial charge in [-0.15, -0.1) is 0 Å². The molecular weight excluding hydrogens is 244 g/mol. The molecule has 1 aliphatic rings. The number of benzene rings is 2. The smallest absolute Gasteiger partial charge is 0.127 e. The molecule has 0 saturated carbocycles. The molecule has 0 aliphatic carbocycles. The van der Waals surface area contributed by atoms with Crippen molar-refractivity contribution in [2.75, 3.05) is 6.61 Å². The first kappa shape index (κ1) is 12.5. The van der Waals surface area contributed by atoms with Gasteiger partial charge in [-0.05, 0) is 23.3 Å². The Bertz CT molecular complexity index is 663. The van der Waals surface area contributed by atoms with E-state index in [1.165, 1.54) is 11.1 Å². The van der Waals surface area contributed by atoms with Gasteiger partial charge in [-0.25, -0.2) is 0 Å². The average molecular weight is 260 g/mol. The minimum absolute atomic E-state index is 0.632. The Morgan fingerprint density at radius 2 is 1.55 bits per heavy atom. The number of allylic oxidation sites excluding steroid dienone is 2. The first-order valence-corrected chi connectivity index (χ1v) is 6.74. The fourth-order valence-electron chi connectivity index (χ4n) is 2.14. The number of rotatable bonds is 3. The molecule has 2 aromatic carbocycles. The Morgan fingerprint density at radius 1 is 0.800 bits per heavy atom. The van der Waals surface area contributed by atoms with Crippen molar-refractivity contribution in [1.82, 2.24) is 0 Å². The molecule has 0 saturated heterocycles. The monoisotopic (exact) mass is 260 g/mol. The summed E-state index contributed by atoms with van der Waals surface area (Å²) < 4.78 is 5.71. The van der Waals surface area contributed by atoms with Gasteiger partial charge in [0.15, 0.2) is 0 Å². The van der Waals surface area contributed by atoms with Crippen molar-refractivity contribution in [3.8, 4) is 5.75 Å². The van der Waals surface area contributed by atoms with Crippen molar-refractivity contribution < 1.29 is 4.74 Å². The molecule has 1 nitrogen and oxygen atoms in total. The molecule has 0 N–H and O–H groups in total. The van der Waals surface area contributed by atoms with Crippen LogP contribution in [0.1, 0.15) is 11.1 Å². The Labute approximate surface area is 119 Å². The fourth-order valence-corrected chi connectivity index (χ4v) is 2.14. The van der Waals surface area contributed by atoms with Gasteiger partial charge in [0.1, 0.15) is 12.4 Å². The second kappa shape index (κ2) is 6.07. The van der Waals surface area contributed by atoms with Crippen LogP contribution in [0, 0.1) is 0 Å². The zero-order valence-corrected chi connectivity index (χ0v) is 11.2. The average Bonchev–Trinajstić information content (AvgIpc) is 2.52. The lowest BCUT2D eigenvalue weighted by molar-refractivity contribution is 0.351. The summed E-state index contributed by atoms with van der Waals surface area (Å²) in [4.78, 5) is 0. The molecule has 0 bridgehead atoms. The highest BCUT2D eigenvalue weighted by molar-refractivity contribution is 5.64. The van der Waals surface area contributed by atoms with Crippen LogP contribution >= 0.6 is 0 Å². The Kier molecular flexibility index (Phi) is 3.79. The van der Waals surface area contributed by atoms with E-state index in [9.17, 15) is 0 Å². The number of ether oxygens (including phenoxy) is 1. The fraction of sp³-hybridized carbons (Fsp3) is 0.0526. The molecule has 0 aromatic heterocycles. The number of hydrogen-bond donors (Lipinski definition) is 0. The third kappa shape index (κ3) is 3.07. The van der Waals surface area contributed by atoms with Crippen LogP contribution in [0.2, 0.25) is 0 Å². The van der Waals surface area contributed by atoms with Crippen LogP contribution in [0.4, 0.5) is 0 Å². The van der Waals surface area contributed by atoms with Gasteiger partial charge in [0.25, 0.3) is 0 Å². The van der Waals surface area contributed by atoms with Crippen molar-refractivity contribution in [3.05, 3.63) is 89.5 Å². The topological polar surface area (TPSA) is 9.23 Å². The molecule has 0 atom stereocenters. The lowest BCUT2D eigenvalue weighted by Gasteiger charge is -2.15. The minimum Gasteiger partial charge on any atom is -0.488 e. The van der Waals surface area contributed by atoms with Gasteiger partial charge < -0.3 is 4.74 Å². The van der Waals surface area contributed by atoms with E-state index in [1.807, 2.05) is 36.4 Å². The van der Waals surface area contributed by atoms with E-state index < -0.39 is 0 Å². The van der Waals surface area contributed by atoms with Crippen LogP contribution in [0.15, 0.2) is 78.4 Å². The van der Waals surface area contributed by atoms with E-state index in [2.05, 4.69) is 48.6 Å². The molecule has 0 radical (unpaired) electrons. The molecule has 0 fully saturated rings. The maximum atomic E-state index is 5.71. The molecule has 20 heavy (non-hydrogen) atoms. The van der Waals surface area contributed by atoms with Crippen LogP contribution in [-0.2, 0) is 0 Å². The van der Waals surface area contributed by atoms with E-state index in [-0.39, 0.29) is 0 Å². The van der Waals surface area contributed by atoms with E-state index in [4.69, 9.17) is 4.74 Å². The van der Waals surface area contributed by atoms with Crippen molar-refractivity contribution in [2.24, 2.45) is 0 Å². The maximum Gasteiger partial charge on any atom is 0.127 e. The summed E-state index contributed by atoms with van der Waals surface area (Å²) in [5.41, 5.74) is 3.53.